The Kier molecular flexibility index (Phi) is 6.59. The summed E-state index contributed by atoms with van der Waals surface area (Å²) in [6.45, 7) is 7.12. The van der Waals surface area contributed by atoms with Crippen LogP contribution in [-0.4, -0.2) is 33.1 Å². The average molecular weight is 410 g/mol. The highest BCUT2D eigenvalue weighted by Gasteiger charge is 2.16. The van der Waals surface area contributed by atoms with E-state index in [1.807, 2.05) is 42.5 Å². The molecular formula is C22H27N5OS. The Hall–Kier alpha value is -2.80. The van der Waals surface area contributed by atoms with Crippen LogP contribution in [0, 0.1) is 0 Å². The molecule has 0 aliphatic rings. The third kappa shape index (κ3) is 5.60. The van der Waals surface area contributed by atoms with Crippen LogP contribution in [0.15, 0.2) is 59.8 Å². The second kappa shape index (κ2) is 9.13. The number of hydrogen-bond donors (Lipinski definition) is 2. The minimum Gasteiger partial charge on any atom is -0.355 e. The first-order chi connectivity index (χ1) is 13.8. The average Bonchev–Trinajstić information content (AvgIpc) is 3.07. The third-order valence-electron chi connectivity index (χ3n) is 4.58. The summed E-state index contributed by atoms with van der Waals surface area (Å²) in [7, 11) is 0. The van der Waals surface area contributed by atoms with Crippen LogP contribution in [0.4, 0.5) is 0 Å². The summed E-state index contributed by atoms with van der Waals surface area (Å²) in [4.78, 5) is 12.1. The third-order valence-corrected chi connectivity index (χ3v) is 5.53. The number of aromatic nitrogens is 3. The fourth-order valence-corrected chi connectivity index (χ4v) is 3.55. The zero-order valence-electron chi connectivity index (χ0n) is 17.1. The molecule has 3 rings (SSSR count). The van der Waals surface area contributed by atoms with Crippen LogP contribution in [0.5, 0.6) is 0 Å². The molecule has 6 nitrogen and oxygen atoms in total. The summed E-state index contributed by atoms with van der Waals surface area (Å²) in [5.74, 6) is 6.93. The molecule has 0 fully saturated rings. The molecule has 152 valence electrons. The molecule has 0 radical (unpaired) electrons. The van der Waals surface area contributed by atoms with Gasteiger partial charge >= 0.3 is 0 Å². The van der Waals surface area contributed by atoms with Gasteiger partial charge in [0.2, 0.25) is 11.1 Å². The summed E-state index contributed by atoms with van der Waals surface area (Å²) >= 11 is 1.28. The SMILES string of the molecule is CC(C)(C)c1ccc(-c2nnc(SCC(=O)NCCc3ccccc3)n2N)cc1. The monoisotopic (exact) mass is 409 g/mol. The summed E-state index contributed by atoms with van der Waals surface area (Å²) in [5.41, 5.74) is 3.42. The molecule has 2 aromatic carbocycles. The van der Waals surface area contributed by atoms with E-state index in [4.69, 9.17) is 5.84 Å². The van der Waals surface area contributed by atoms with Crippen LogP contribution in [0.2, 0.25) is 0 Å². The molecule has 1 amide bonds. The standard InChI is InChI=1S/C22H27N5OS/c1-22(2,3)18-11-9-17(10-12-18)20-25-26-21(27(20)23)29-15-19(28)24-14-13-16-7-5-4-6-8-16/h4-12H,13-15,23H2,1-3H3,(H,24,28). The van der Waals surface area contributed by atoms with E-state index in [0.29, 0.717) is 17.5 Å². The van der Waals surface area contributed by atoms with E-state index in [-0.39, 0.29) is 17.1 Å². The van der Waals surface area contributed by atoms with Crippen LogP contribution in [0.1, 0.15) is 31.9 Å². The van der Waals surface area contributed by atoms with Crippen molar-refractivity contribution in [3.8, 4) is 11.4 Å². The predicted molar refractivity (Wildman–Crippen MR) is 118 cm³/mol. The summed E-state index contributed by atoms with van der Waals surface area (Å²) in [5, 5.41) is 11.8. The van der Waals surface area contributed by atoms with Gasteiger partial charge < -0.3 is 11.2 Å². The molecule has 0 saturated carbocycles. The van der Waals surface area contributed by atoms with Crippen LogP contribution in [0.3, 0.4) is 0 Å². The number of nitrogens with one attached hydrogen (secondary N) is 1. The van der Waals surface area contributed by atoms with Gasteiger partial charge in [0, 0.05) is 12.1 Å². The number of nitrogens with two attached hydrogens (primary N) is 1. The minimum absolute atomic E-state index is 0.0509. The Labute approximate surface area is 175 Å². The first-order valence-corrected chi connectivity index (χ1v) is 10.6. The lowest BCUT2D eigenvalue weighted by atomic mass is 9.87. The van der Waals surface area contributed by atoms with Crippen LogP contribution >= 0.6 is 11.8 Å². The molecule has 7 heteroatoms. The zero-order valence-corrected chi connectivity index (χ0v) is 17.9. The van der Waals surface area contributed by atoms with Crippen molar-refractivity contribution < 1.29 is 4.79 Å². The molecule has 1 aromatic heterocycles. The van der Waals surface area contributed by atoms with Gasteiger partial charge in [-0.1, -0.05) is 87.1 Å². The van der Waals surface area contributed by atoms with Crippen LogP contribution < -0.4 is 11.2 Å². The maximum absolute atomic E-state index is 12.1. The minimum atomic E-state index is -0.0509. The molecule has 0 unspecified atom stereocenters. The maximum Gasteiger partial charge on any atom is 0.230 e. The summed E-state index contributed by atoms with van der Waals surface area (Å²) in [6, 6.07) is 18.2. The number of carbonyl (C=O) groups is 1. The van der Waals surface area contributed by atoms with Crippen molar-refractivity contribution in [1.29, 1.82) is 0 Å². The Morgan fingerprint density at radius 2 is 1.76 bits per heavy atom. The number of benzene rings is 2. The molecular weight excluding hydrogens is 382 g/mol. The Morgan fingerprint density at radius 3 is 2.41 bits per heavy atom. The topological polar surface area (TPSA) is 85.8 Å². The van der Waals surface area contributed by atoms with Gasteiger partial charge in [0.05, 0.1) is 5.75 Å². The number of rotatable bonds is 7. The first kappa shape index (κ1) is 20.9. The van der Waals surface area contributed by atoms with Crippen LogP contribution in [-0.2, 0) is 16.6 Å². The number of carbonyl (C=O) groups excluding carboxylic acids is 1. The molecule has 0 spiro atoms. The molecule has 0 atom stereocenters. The Bertz CT molecular complexity index is 946. The summed E-state index contributed by atoms with van der Waals surface area (Å²) in [6.07, 6.45) is 0.805. The van der Waals surface area contributed by atoms with Gasteiger partial charge in [-0.2, -0.15) is 0 Å². The lowest BCUT2D eigenvalue weighted by Crippen LogP contribution is -2.27. The maximum atomic E-state index is 12.1. The highest BCUT2D eigenvalue weighted by Crippen LogP contribution is 2.26. The molecule has 3 N–H and O–H groups in total. The molecule has 0 aliphatic heterocycles. The second-order valence-corrected chi connectivity index (χ2v) is 8.82. The lowest BCUT2D eigenvalue weighted by molar-refractivity contribution is -0.118. The van der Waals surface area contributed by atoms with Gasteiger partial charge in [-0.15, -0.1) is 10.2 Å². The Morgan fingerprint density at radius 1 is 1.07 bits per heavy atom. The van der Waals surface area contributed by atoms with Gasteiger partial charge in [-0.05, 0) is 23.0 Å². The predicted octanol–water partition coefficient (Wildman–Crippen LogP) is 3.41. The molecule has 0 saturated heterocycles. The van der Waals surface area contributed by atoms with Crippen molar-refractivity contribution in [2.24, 2.45) is 0 Å². The number of amides is 1. The molecule has 3 aromatic rings. The largest absolute Gasteiger partial charge is 0.355 e. The van der Waals surface area contributed by atoms with Gasteiger partial charge in [0.15, 0.2) is 5.82 Å². The van der Waals surface area contributed by atoms with E-state index in [2.05, 4.69) is 48.4 Å². The van der Waals surface area contributed by atoms with Gasteiger partial charge in [-0.3, -0.25) is 4.79 Å². The Balaban J connectivity index is 1.53. The highest BCUT2D eigenvalue weighted by molar-refractivity contribution is 7.99. The van der Waals surface area contributed by atoms with Crippen LogP contribution in [0.25, 0.3) is 11.4 Å². The highest BCUT2D eigenvalue weighted by atomic mass is 32.2. The fourth-order valence-electron chi connectivity index (χ4n) is 2.86. The smallest absolute Gasteiger partial charge is 0.230 e. The van der Waals surface area contributed by atoms with E-state index in [1.165, 1.54) is 27.6 Å². The molecule has 29 heavy (non-hydrogen) atoms. The van der Waals surface area contributed by atoms with E-state index in [0.717, 1.165) is 12.0 Å². The van der Waals surface area contributed by atoms with Crippen molar-refractivity contribution >= 4 is 17.7 Å². The second-order valence-electron chi connectivity index (χ2n) is 7.88. The molecule has 0 aliphatic carbocycles. The van der Waals surface area contributed by atoms with Crippen molar-refractivity contribution in [2.75, 3.05) is 18.1 Å². The van der Waals surface area contributed by atoms with Crippen molar-refractivity contribution in [3.05, 3.63) is 65.7 Å². The van der Waals surface area contributed by atoms with E-state index in [1.54, 1.807) is 0 Å². The van der Waals surface area contributed by atoms with E-state index >= 15 is 0 Å². The fraction of sp³-hybridized carbons (Fsp3) is 0.318. The quantitative estimate of drug-likeness (QED) is 0.461. The van der Waals surface area contributed by atoms with Crippen molar-refractivity contribution in [2.45, 2.75) is 37.8 Å². The van der Waals surface area contributed by atoms with Gasteiger partial charge in [0.1, 0.15) is 0 Å². The van der Waals surface area contributed by atoms with E-state index in [9.17, 15) is 4.79 Å². The summed E-state index contributed by atoms with van der Waals surface area (Å²) < 4.78 is 1.44. The normalized spacial score (nSPS) is 11.4. The molecule has 1 heterocycles. The van der Waals surface area contributed by atoms with Crippen molar-refractivity contribution in [1.82, 2.24) is 20.2 Å². The van der Waals surface area contributed by atoms with Gasteiger partial charge in [-0.25, -0.2) is 4.68 Å². The van der Waals surface area contributed by atoms with E-state index < -0.39 is 0 Å². The zero-order chi connectivity index (χ0) is 20.9. The number of nitrogens with zero attached hydrogens (tertiary/aromatic N) is 3. The first-order valence-electron chi connectivity index (χ1n) is 9.59. The number of nitrogen functional groups attached to an aromatic ring is 1. The number of hydrogen-bond acceptors (Lipinski definition) is 5. The van der Waals surface area contributed by atoms with Crippen molar-refractivity contribution in [3.63, 3.8) is 0 Å². The molecule has 0 bridgehead atoms. The lowest BCUT2D eigenvalue weighted by Gasteiger charge is -2.19. The van der Waals surface area contributed by atoms with Gasteiger partial charge in [0.25, 0.3) is 0 Å². The number of thioether (sulfide) groups is 1.